The molecule has 0 saturated carbocycles. The molecule has 0 heterocycles. The molecule has 2 atom stereocenters. The fourth-order valence-corrected chi connectivity index (χ4v) is 1.14. The van der Waals surface area contributed by atoms with Crippen LogP contribution < -0.4 is 5.32 Å². The fraction of sp³-hybridized carbons (Fsp3) is 0.444. The second-order valence-electron chi connectivity index (χ2n) is 2.53. The van der Waals surface area contributed by atoms with Gasteiger partial charge in [-0.05, 0) is 5.92 Å². The third-order valence-corrected chi connectivity index (χ3v) is 3.20. The molecule has 0 bridgehead atoms. The molecular weight excluding hydrogens is 265 g/mol. The van der Waals surface area contributed by atoms with Gasteiger partial charge in [0.05, 0.1) is 3.92 Å². The SMILES string of the molecule is C=CCNC(=O)C(I)C(C)C=C. The number of alkyl halides is 1. The molecule has 0 rings (SSSR count). The Labute approximate surface area is 87.3 Å². The molecular formula is C9H14INO. The van der Waals surface area contributed by atoms with E-state index in [9.17, 15) is 4.79 Å². The lowest BCUT2D eigenvalue weighted by Crippen LogP contribution is -2.34. The molecule has 2 nitrogen and oxygen atoms in total. The molecule has 0 saturated heterocycles. The summed E-state index contributed by atoms with van der Waals surface area (Å²) in [5.41, 5.74) is 0. The van der Waals surface area contributed by atoms with Crippen molar-refractivity contribution >= 4 is 28.5 Å². The summed E-state index contributed by atoms with van der Waals surface area (Å²) in [6.45, 7) is 9.66. The van der Waals surface area contributed by atoms with E-state index in [-0.39, 0.29) is 15.7 Å². The number of halogens is 1. The van der Waals surface area contributed by atoms with Gasteiger partial charge >= 0.3 is 0 Å². The van der Waals surface area contributed by atoms with E-state index in [2.05, 4.69) is 41.1 Å². The van der Waals surface area contributed by atoms with E-state index in [4.69, 9.17) is 0 Å². The van der Waals surface area contributed by atoms with Gasteiger partial charge in [0.15, 0.2) is 0 Å². The van der Waals surface area contributed by atoms with Gasteiger partial charge in [0.25, 0.3) is 0 Å². The minimum Gasteiger partial charge on any atom is -0.352 e. The molecule has 0 aliphatic heterocycles. The highest BCUT2D eigenvalue weighted by Crippen LogP contribution is 2.13. The second-order valence-corrected chi connectivity index (χ2v) is 3.87. The van der Waals surface area contributed by atoms with E-state index in [0.717, 1.165) is 0 Å². The number of allylic oxidation sites excluding steroid dienone is 1. The molecule has 0 aliphatic rings. The van der Waals surface area contributed by atoms with Crippen molar-refractivity contribution < 1.29 is 4.79 Å². The summed E-state index contributed by atoms with van der Waals surface area (Å²) in [6, 6.07) is 0. The normalized spacial score (nSPS) is 14.5. The Bertz CT molecular complexity index is 179. The maximum absolute atomic E-state index is 11.3. The number of amides is 1. The Morgan fingerprint density at radius 1 is 1.67 bits per heavy atom. The van der Waals surface area contributed by atoms with Gasteiger partial charge in [0, 0.05) is 6.54 Å². The summed E-state index contributed by atoms with van der Waals surface area (Å²) in [4.78, 5) is 11.3. The number of carbonyl (C=O) groups excluding carboxylic acids is 1. The van der Waals surface area contributed by atoms with Gasteiger partial charge in [-0.1, -0.05) is 41.7 Å². The molecule has 0 radical (unpaired) electrons. The first-order valence-electron chi connectivity index (χ1n) is 3.78. The molecule has 3 heteroatoms. The molecule has 0 aromatic heterocycles. The summed E-state index contributed by atoms with van der Waals surface area (Å²) in [5.74, 6) is 0.248. The third-order valence-electron chi connectivity index (χ3n) is 1.50. The quantitative estimate of drug-likeness (QED) is 0.465. The zero-order valence-corrected chi connectivity index (χ0v) is 9.37. The third kappa shape index (κ3) is 3.90. The van der Waals surface area contributed by atoms with Crippen molar-refractivity contribution in [2.24, 2.45) is 5.92 Å². The van der Waals surface area contributed by atoms with E-state index >= 15 is 0 Å². The highest BCUT2D eigenvalue weighted by molar-refractivity contribution is 14.1. The van der Waals surface area contributed by atoms with Crippen LogP contribution in [0, 0.1) is 5.92 Å². The first-order valence-corrected chi connectivity index (χ1v) is 5.03. The topological polar surface area (TPSA) is 29.1 Å². The number of carbonyl (C=O) groups is 1. The molecule has 0 aliphatic carbocycles. The maximum atomic E-state index is 11.3. The van der Waals surface area contributed by atoms with E-state index < -0.39 is 0 Å². The average molecular weight is 279 g/mol. The summed E-state index contributed by atoms with van der Waals surface area (Å²) in [7, 11) is 0. The van der Waals surface area contributed by atoms with Crippen LogP contribution >= 0.6 is 22.6 Å². The van der Waals surface area contributed by atoms with Crippen LogP contribution in [-0.2, 0) is 4.79 Å². The lowest BCUT2D eigenvalue weighted by molar-refractivity contribution is -0.120. The summed E-state index contributed by atoms with van der Waals surface area (Å²) in [5, 5.41) is 2.74. The predicted octanol–water partition coefficient (Wildman–Crippen LogP) is 1.91. The molecule has 1 N–H and O–H groups in total. The van der Waals surface area contributed by atoms with Gasteiger partial charge in [-0.15, -0.1) is 13.2 Å². The highest BCUT2D eigenvalue weighted by atomic mass is 127. The highest BCUT2D eigenvalue weighted by Gasteiger charge is 2.18. The molecule has 1 amide bonds. The maximum Gasteiger partial charge on any atom is 0.233 e. The van der Waals surface area contributed by atoms with E-state index in [1.165, 1.54) is 0 Å². The van der Waals surface area contributed by atoms with Crippen molar-refractivity contribution in [3.8, 4) is 0 Å². The lowest BCUT2D eigenvalue weighted by Gasteiger charge is -2.13. The van der Waals surface area contributed by atoms with Gasteiger partial charge in [-0.3, -0.25) is 4.79 Å². The first kappa shape index (κ1) is 11.7. The fourth-order valence-electron chi connectivity index (χ4n) is 0.629. The van der Waals surface area contributed by atoms with E-state index in [1.54, 1.807) is 12.2 Å². The van der Waals surface area contributed by atoms with Crippen LogP contribution in [0.25, 0.3) is 0 Å². The minimum atomic E-state index is -0.0416. The van der Waals surface area contributed by atoms with E-state index in [0.29, 0.717) is 6.54 Å². The van der Waals surface area contributed by atoms with Gasteiger partial charge in [0.2, 0.25) is 5.91 Å². The number of hydrogen-bond donors (Lipinski definition) is 1. The van der Waals surface area contributed by atoms with Crippen molar-refractivity contribution in [3.05, 3.63) is 25.3 Å². The van der Waals surface area contributed by atoms with Gasteiger partial charge < -0.3 is 5.32 Å². The van der Waals surface area contributed by atoms with Crippen LogP contribution in [0.3, 0.4) is 0 Å². The molecule has 0 aromatic carbocycles. The molecule has 0 spiro atoms. The summed E-state index contributed by atoms with van der Waals surface area (Å²) < 4.78 is -0.0416. The van der Waals surface area contributed by atoms with Crippen molar-refractivity contribution in [1.29, 1.82) is 0 Å². The number of rotatable bonds is 5. The Morgan fingerprint density at radius 3 is 2.67 bits per heavy atom. The van der Waals surface area contributed by atoms with Crippen LogP contribution in [-0.4, -0.2) is 16.4 Å². The van der Waals surface area contributed by atoms with Crippen LogP contribution in [0.1, 0.15) is 6.92 Å². The molecule has 0 fully saturated rings. The number of hydrogen-bond acceptors (Lipinski definition) is 1. The van der Waals surface area contributed by atoms with Gasteiger partial charge in [-0.2, -0.15) is 0 Å². The van der Waals surface area contributed by atoms with Crippen LogP contribution in [0.2, 0.25) is 0 Å². The Morgan fingerprint density at radius 2 is 2.25 bits per heavy atom. The number of nitrogens with one attached hydrogen (secondary N) is 1. The first-order chi connectivity index (χ1) is 5.63. The van der Waals surface area contributed by atoms with Crippen LogP contribution in [0.5, 0.6) is 0 Å². The second kappa shape index (κ2) is 6.22. The van der Waals surface area contributed by atoms with Gasteiger partial charge in [-0.25, -0.2) is 0 Å². The van der Waals surface area contributed by atoms with E-state index in [1.807, 2.05) is 6.92 Å². The van der Waals surface area contributed by atoms with Crippen molar-refractivity contribution in [2.75, 3.05) is 6.54 Å². The Kier molecular flexibility index (Phi) is 6.06. The average Bonchev–Trinajstić information content (AvgIpc) is 2.11. The van der Waals surface area contributed by atoms with Crippen molar-refractivity contribution in [1.82, 2.24) is 5.32 Å². The molecule has 0 aromatic rings. The zero-order chi connectivity index (χ0) is 9.56. The Balaban J connectivity index is 3.91. The van der Waals surface area contributed by atoms with Gasteiger partial charge in [0.1, 0.15) is 0 Å². The molecule has 2 unspecified atom stereocenters. The summed E-state index contributed by atoms with van der Waals surface area (Å²) >= 11 is 2.12. The Hall–Kier alpha value is -0.320. The zero-order valence-electron chi connectivity index (χ0n) is 7.22. The minimum absolute atomic E-state index is 0.0416. The predicted molar refractivity (Wildman–Crippen MR) is 60.4 cm³/mol. The van der Waals surface area contributed by atoms with Crippen LogP contribution in [0.4, 0.5) is 0 Å². The smallest absolute Gasteiger partial charge is 0.233 e. The monoisotopic (exact) mass is 279 g/mol. The van der Waals surface area contributed by atoms with Crippen LogP contribution in [0.15, 0.2) is 25.3 Å². The lowest BCUT2D eigenvalue weighted by atomic mass is 10.1. The van der Waals surface area contributed by atoms with Crippen molar-refractivity contribution in [2.45, 2.75) is 10.8 Å². The molecule has 12 heavy (non-hydrogen) atoms. The summed E-state index contributed by atoms with van der Waals surface area (Å²) in [6.07, 6.45) is 3.45. The largest absolute Gasteiger partial charge is 0.352 e. The standard InChI is InChI=1S/C9H14INO/c1-4-6-11-9(12)8(10)7(3)5-2/h4-5,7-8H,1-2,6H2,3H3,(H,11,12). The van der Waals surface area contributed by atoms with Crippen molar-refractivity contribution in [3.63, 3.8) is 0 Å². The molecule has 68 valence electrons.